The number of ketones is 1. The van der Waals surface area contributed by atoms with E-state index in [2.05, 4.69) is 10.1 Å². The van der Waals surface area contributed by atoms with Crippen LogP contribution in [0.25, 0.3) is 0 Å². The van der Waals surface area contributed by atoms with Gasteiger partial charge in [-0.15, -0.1) is 0 Å². The first-order valence-electron chi connectivity index (χ1n) is 6.40. The van der Waals surface area contributed by atoms with Crippen LogP contribution in [0.2, 0.25) is 0 Å². The van der Waals surface area contributed by atoms with Crippen molar-refractivity contribution in [3.05, 3.63) is 48.0 Å². The zero-order valence-electron chi connectivity index (χ0n) is 11.0. The second-order valence-electron chi connectivity index (χ2n) is 4.33. The van der Waals surface area contributed by atoms with Gasteiger partial charge in [0.25, 0.3) is 0 Å². The molecule has 0 fully saturated rings. The largest absolute Gasteiger partial charge is 0.329 e. The van der Waals surface area contributed by atoms with E-state index in [0.29, 0.717) is 18.9 Å². The Kier molecular flexibility index (Phi) is 4.41. The lowest BCUT2D eigenvalue weighted by Gasteiger charge is -2.13. The molecular formula is C14H18N4O. The summed E-state index contributed by atoms with van der Waals surface area (Å²) in [4.78, 5) is 16.5. The fourth-order valence-electron chi connectivity index (χ4n) is 2.11. The minimum Gasteiger partial charge on any atom is -0.329 e. The van der Waals surface area contributed by atoms with Gasteiger partial charge in [0, 0.05) is 13.1 Å². The predicted molar refractivity (Wildman–Crippen MR) is 72.6 cm³/mol. The van der Waals surface area contributed by atoms with Crippen molar-refractivity contribution in [3.8, 4) is 0 Å². The summed E-state index contributed by atoms with van der Waals surface area (Å²) < 4.78 is 1.73. The summed E-state index contributed by atoms with van der Waals surface area (Å²) in [6.07, 6.45) is 1.75. The van der Waals surface area contributed by atoms with Crippen LogP contribution in [0, 0.1) is 0 Å². The molecule has 0 spiro atoms. The van der Waals surface area contributed by atoms with Crippen molar-refractivity contribution in [1.82, 2.24) is 14.8 Å². The predicted octanol–water partition coefficient (Wildman–Crippen LogP) is 1.15. The molecule has 0 aliphatic heterocycles. The molecule has 100 valence electrons. The van der Waals surface area contributed by atoms with Gasteiger partial charge in [-0.2, -0.15) is 5.10 Å². The van der Waals surface area contributed by atoms with Crippen molar-refractivity contribution in [3.63, 3.8) is 0 Å². The molecule has 0 aliphatic carbocycles. The molecule has 0 amide bonds. The molecule has 1 atom stereocenters. The van der Waals surface area contributed by atoms with Crippen LogP contribution in [-0.2, 0) is 17.8 Å². The molecule has 1 heterocycles. The molecule has 5 heteroatoms. The highest BCUT2D eigenvalue weighted by Crippen LogP contribution is 2.17. The van der Waals surface area contributed by atoms with E-state index < -0.39 is 0 Å². The molecule has 0 saturated carbocycles. The summed E-state index contributed by atoms with van der Waals surface area (Å²) in [5, 5.41) is 4.07. The highest BCUT2D eigenvalue weighted by atomic mass is 16.1. The minimum absolute atomic E-state index is 0.0800. The lowest BCUT2D eigenvalue weighted by atomic mass is 9.93. The maximum absolute atomic E-state index is 12.3. The number of nitrogens with two attached hydrogens (primary N) is 1. The smallest absolute Gasteiger partial charge is 0.149 e. The molecule has 2 aromatic rings. The highest BCUT2D eigenvalue weighted by molar-refractivity contribution is 5.87. The lowest BCUT2D eigenvalue weighted by molar-refractivity contribution is -0.119. The number of hydrogen-bond acceptors (Lipinski definition) is 4. The minimum atomic E-state index is -0.275. The van der Waals surface area contributed by atoms with Crippen LogP contribution in [0.1, 0.15) is 24.2 Å². The van der Waals surface area contributed by atoms with Crippen LogP contribution < -0.4 is 5.73 Å². The first-order valence-corrected chi connectivity index (χ1v) is 6.40. The van der Waals surface area contributed by atoms with Crippen LogP contribution in [0.5, 0.6) is 0 Å². The second-order valence-corrected chi connectivity index (χ2v) is 4.33. The number of carbonyl (C=O) groups is 1. The molecule has 1 unspecified atom stereocenters. The highest BCUT2D eigenvalue weighted by Gasteiger charge is 2.20. The summed E-state index contributed by atoms with van der Waals surface area (Å²) in [6, 6.07) is 9.62. The van der Waals surface area contributed by atoms with Gasteiger partial charge in [0.05, 0.1) is 12.3 Å². The summed E-state index contributed by atoms with van der Waals surface area (Å²) in [6.45, 7) is 2.99. The van der Waals surface area contributed by atoms with Gasteiger partial charge in [0.15, 0.2) is 0 Å². The molecule has 1 aromatic carbocycles. The monoisotopic (exact) mass is 258 g/mol. The van der Waals surface area contributed by atoms with E-state index in [1.54, 1.807) is 4.68 Å². The molecule has 19 heavy (non-hydrogen) atoms. The summed E-state index contributed by atoms with van der Waals surface area (Å²) in [7, 11) is 0. The van der Waals surface area contributed by atoms with Crippen LogP contribution >= 0.6 is 0 Å². The number of aromatic nitrogens is 3. The fraction of sp³-hybridized carbons (Fsp3) is 0.357. The molecular weight excluding hydrogens is 240 g/mol. The molecule has 2 rings (SSSR count). The third-order valence-corrected chi connectivity index (χ3v) is 3.15. The summed E-state index contributed by atoms with van der Waals surface area (Å²) in [5.41, 5.74) is 6.70. The van der Waals surface area contributed by atoms with E-state index in [-0.39, 0.29) is 18.1 Å². The number of aryl methyl sites for hydroxylation is 1. The van der Waals surface area contributed by atoms with E-state index >= 15 is 0 Å². The van der Waals surface area contributed by atoms with Crippen LogP contribution in [0.15, 0.2) is 36.7 Å². The SMILES string of the molecule is CCn1ncnc1CC(=O)C(CN)c1ccccc1. The first-order chi connectivity index (χ1) is 9.26. The van der Waals surface area contributed by atoms with Gasteiger partial charge in [-0.3, -0.25) is 4.79 Å². The van der Waals surface area contributed by atoms with Crippen LogP contribution in [-0.4, -0.2) is 27.1 Å². The normalized spacial score (nSPS) is 12.3. The number of carbonyl (C=O) groups excluding carboxylic acids is 1. The number of hydrogen-bond donors (Lipinski definition) is 1. The van der Waals surface area contributed by atoms with Crippen LogP contribution in [0.3, 0.4) is 0 Å². The van der Waals surface area contributed by atoms with Gasteiger partial charge in [0.1, 0.15) is 17.9 Å². The van der Waals surface area contributed by atoms with E-state index in [9.17, 15) is 4.79 Å². The standard InChI is InChI=1S/C14H18N4O/c1-2-18-14(16-10-17-18)8-13(19)12(9-15)11-6-4-3-5-7-11/h3-7,10,12H,2,8-9,15H2,1H3. The Morgan fingerprint density at radius 3 is 2.74 bits per heavy atom. The second kappa shape index (κ2) is 6.24. The lowest BCUT2D eigenvalue weighted by Crippen LogP contribution is -2.24. The van der Waals surface area contributed by atoms with E-state index in [1.807, 2.05) is 37.3 Å². The topological polar surface area (TPSA) is 73.8 Å². The number of Topliss-reactive ketones (excluding diaryl/α,β-unsaturated/α-hetero) is 1. The van der Waals surface area contributed by atoms with Gasteiger partial charge >= 0.3 is 0 Å². The summed E-state index contributed by atoms with van der Waals surface area (Å²) in [5.74, 6) is 0.501. The van der Waals surface area contributed by atoms with E-state index in [0.717, 1.165) is 5.56 Å². The van der Waals surface area contributed by atoms with Crippen molar-refractivity contribution in [2.24, 2.45) is 5.73 Å². The molecule has 0 radical (unpaired) electrons. The fourth-order valence-corrected chi connectivity index (χ4v) is 2.11. The Hall–Kier alpha value is -2.01. The Morgan fingerprint density at radius 2 is 2.11 bits per heavy atom. The van der Waals surface area contributed by atoms with Gasteiger partial charge in [-0.05, 0) is 12.5 Å². The number of benzene rings is 1. The van der Waals surface area contributed by atoms with E-state index in [4.69, 9.17) is 5.73 Å². The van der Waals surface area contributed by atoms with Gasteiger partial charge in [-0.25, -0.2) is 9.67 Å². The van der Waals surface area contributed by atoms with Crippen molar-refractivity contribution < 1.29 is 4.79 Å². The Balaban J connectivity index is 2.14. The van der Waals surface area contributed by atoms with Gasteiger partial charge in [-0.1, -0.05) is 30.3 Å². The Bertz CT molecular complexity index is 535. The van der Waals surface area contributed by atoms with Crippen LogP contribution in [0.4, 0.5) is 0 Å². The Morgan fingerprint density at radius 1 is 1.37 bits per heavy atom. The molecule has 1 aromatic heterocycles. The third kappa shape index (κ3) is 3.06. The molecule has 2 N–H and O–H groups in total. The number of nitrogens with zero attached hydrogens (tertiary/aromatic N) is 3. The molecule has 0 saturated heterocycles. The Labute approximate surface area is 112 Å². The average Bonchev–Trinajstić information content (AvgIpc) is 2.88. The van der Waals surface area contributed by atoms with Gasteiger partial charge < -0.3 is 5.73 Å². The maximum atomic E-state index is 12.3. The van der Waals surface area contributed by atoms with Crippen molar-refractivity contribution in [2.75, 3.05) is 6.54 Å². The van der Waals surface area contributed by atoms with Crippen molar-refractivity contribution in [1.29, 1.82) is 0 Å². The average molecular weight is 258 g/mol. The van der Waals surface area contributed by atoms with Gasteiger partial charge in [0.2, 0.25) is 0 Å². The first kappa shape index (κ1) is 13.4. The van der Waals surface area contributed by atoms with Crippen molar-refractivity contribution >= 4 is 5.78 Å². The third-order valence-electron chi connectivity index (χ3n) is 3.15. The maximum Gasteiger partial charge on any atom is 0.149 e. The van der Waals surface area contributed by atoms with E-state index in [1.165, 1.54) is 6.33 Å². The molecule has 0 aliphatic rings. The van der Waals surface area contributed by atoms with Crippen molar-refractivity contribution in [2.45, 2.75) is 25.8 Å². The molecule has 5 nitrogen and oxygen atoms in total. The quantitative estimate of drug-likeness (QED) is 0.843. The number of rotatable bonds is 6. The zero-order valence-corrected chi connectivity index (χ0v) is 11.0. The molecule has 0 bridgehead atoms. The zero-order chi connectivity index (χ0) is 13.7. The summed E-state index contributed by atoms with van der Waals surface area (Å²) >= 11 is 0.